The lowest BCUT2D eigenvalue weighted by Crippen LogP contribution is -2.03. The van der Waals surface area contributed by atoms with Gasteiger partial charge in [0.2, 0.25) is 0 Å². The molecule has 0 aliphatic heterocycles. The van der Waals surface area contributed by atoms with Crippen molar-refractivity contribution in [1.29, 1.82) is 0 Å². The minimum absolute atomic E-state index is 0.231. The highest BCUT2D eigenvalue weighted by Crippen LogP contribution is 2.45. The molecule has 0 spiro atoms. The van der Waals surface area contributed by atoms with Crippen molar-refractivity contribution in [2.75, 3.05) is 12.9 Å². The number of methoxy groups -OCH3 is 1. The van der Waals surface area contributed by atoms with E-state index in [1.165, 1.54) is 37.3 Å². The van der Waals surface area contributed by atoms with Crippen LogP contribution in [0.1, 0.15) is 24.3 Å². The van der Waals surface area contributed by atoms with E-state index in [1.807, 2.05) is 0 Å². The van der Waals surface area contributed by atoms with E-state index >= 15 is 0 Å². The number of hydrogen-bond donors (Lipinski definition) is 0. The zero-order valence-electron chi connectivity index (χ0n) is 9.88. The molecule has 1 saturated carbocycles. The largest absolute Gasteiger partial charge is 0.468 e. The van der Waals surface area contributed by atoms with Crippen LogP contribution < -0.4 is 0 Å². The zero-order valence-corrected chi connectivity index (χ0v) is 11.5. The third-order valence-electron chi connectivity index (χ3n) is 2.92. The van der Waals surface area contributed by atoms with Crippen molar-refractivity contribution >= 4 is 39.3 Å². The molecule has 4 nitrogen and oxygen atoms in total. The molecule has 1 aliphatic rings. The highest BCUT2D eigenvalue weighted by Gasteiger charge is 2.27. The van der Waals surface area contributed by atoms with Crippen LogP contribution in [0.2, 0.25) is 0 Å². The summed E-state index contributed by atoms with van der Waals surface area (Å²) in [5, 5.41) is 3.06. The molecule has 94 valence electrons. The number of thioether (sulfide) groups is 1. The molecule has 2 heterocycles. The summed E-state index contributed by atoms with van der Waals surface area (Å²) in [6.45, 7) is 0. The van der Waals surface area contributed by atoms with Gasteiger partial charge in [-0.05, 0) is 29.7 Å². The number of rotatable bonds is 4. The quantitative estimate of drug-likeness (QED) is 0.489. The lowest BCUT2D eigenvalue weighted by atomic mass is 10.2. The lowest BCUT2D eigenvalue weighted by Gasteiger charge is -2.01. The first-order valence-corrected chi connectivity index (χ1v) is 7.58. The highest BCUT2D eigenvalue weighted by atomic mass is 32.2. The fourth-order valence-corrected chi connectivity index (χ4v) is 3.85. The Bertz CT molecular complexity index is 593. The number of carbonyl (C=O) groups is 1. The average molecular weight is 280 g/mol. The Kier molecular flexibility index (Phi) is 3.22. The van der Waals surface area contributed by atoms with Gasteiger partial charge in [0.1, 0.15) is 11.4 Å². The number of hydrogen-bond acceptors (Lipinski definition) is 6. The van der Waals surface area contributed by atoms with Crippen LogP contribution in [0.15, 0.2) is 16.7 Å². The molecule has 6 heteroatoms. The molecule has 0 radical (unpaired) electrons. The number of aromatic nitrogens is 2. The Hall–Kier alpha value is -1.14. The van der Waals surface area contributed by atoms with E-state index in [0.717, 1.165) is 15.2 Å². The maximum atomic E-state index is 11.2. The van der Waals surface area contributed by atoms with Crippen molar-refractivity contribution in [1.82, 2.24) is 9.97 Å². The van der Waals surface area contributed by atoms with Crippen LogP contribution in [0, 0.1) is 0 Å². The van der Waals surface area contributed by atoms with E-state index in [-0.39, 0.29) is 5.97 Å². The van der Waals surface area contributed by atoms with Crippen LogP contribution in [0.25, 0.3) is 10.2 Å². The zero-order chi connectivity index (χ0) is 12.5. The predicted molar refractivity (Wildman–Crippen MR) is 72.1 cm³/mol. The number of ether oxygens (including phenoxy) is 1. The minimum Gasteiger partial charge on any atom is -0.468 e. The van der Waals surface area contributed by atoms with Crippen molar-refractivity contribution in [2.45, 2.75) is 23.8 Å². The first-order chi connectivity index (χ1) is 8.79. The second kappa shape index (κ2) is 4.85. The van der Waals surface area contributed by atoms with Gasteiger partial charge in [-0.25, -0.2) is 9.97 Å². The predicted octanol–water partition coefficient (Wildman–Crippen LogP) is 2.83. The molecule has 0 aromatic carbocycles. The Morgan fingerprint density at radius 3 is 3.11 bits per heavy atom. The first kappa shape index (κ1) is 11.9. The van der Waals surface area contributed by atoms with Gasteiger partial charge < -0.3 is 4.74 Å². The van der Waals surface area contributed by atoms with Crippen LogP contribution in [-0.2, 0) is 9.53 Å². The fraction of sp³-hybridized carbons (Fsp3) is 0.417. The summed E-state index contributed by atoms with van der Waals surface area (Å²) in [7, 11) is 1.40. The number of fused-ring (bicyclic) bond motifs is 1. The summed E-state index contributed by atoms with van der Waals surface area (Å²) >= 11 is 3.08. The van der Waals surface area contributed by atoms with Gasteiger partial charge in [0.05, 0.1) is 23.1 Å². The van der Waals surface area contributed by atoms with Crippen molar-refractivity contribution in [2.24, 2.45) is 0 Å². The third kappa shape index (κ3) is 2.22. The van der Waals surface area contributed by atoms with Crippen LogP contribution in [-0.4, -0.2) is 28.8 Å². The van der Waals surface area contributed by atoms with Crippen molar-refractivity contribution < 1.29 is 9.53 Å². The summed E-state index contributed by atoms with van der Waals surface area (Å²) in [5.41, 5.74) is 2.40. The molecule has 2 aromatic rings. The van der Waals surface area contributed by atoms with Crippen LogP contribution in [0.5, 0.6) is 0 Å². The fourth-order valence-electron chi connectivity index (χ4n) is 1.82. The maximum Gasteiger partial charge on any atom is 0.316 e. The molecule has 3 rings (SSSR count). The molecule has 1 aliphatic carbocycles. The van der Waals surface area contributed by atoms with Gasteiger partial charge in [-0.1, -0.05) is 11.8 Å². The molecule has 0 bridgehead atoms. The molecule has 0 N–H and O–H groups in total. The molecule has 1 fully saturated rings. The van der Waals surface area contributed by atoms with E-state index in [4.69, 9.17) is 0 Å². The standard InChI is InChI=1S/C12H12N2O2S2/c1-16-9(15)5-18-12-11-10(13-6-14-12)8(4-17-11)7-2-3-7/h4,6-7H,2-3,5H2,1H3. The van der Waals surface area contributed by atoms with Gasteiger partial charge in [0, 0.05) is 0 Å². The van der Waals surface area contributed by atoms with Gasteiger partial charge in [-0.2, -0.15) is 0 Å². The third-order valence-corrected chi connectivity index (χ3v) is 5.01. The van der Waals surface area contributed by atoms with E-state index < -0.39 is 0 Å². The molecular formula is C12H12N2O2S2. The Morgan fingerprint density at radius 1 is 1.56 bits per heavy atom. The first-order valence-electron chi connectivity index (χ1n) is 5.71. The highest BCUT2D eigenvalue weighted by molar-refractivity contribution is 8.00. The monoisotopic (exact) mass is 280 g/mol. The van der Waals surface area contributed by atoms with Crippen molar-refractivity contribution in [3.05, 3.63) is 17.3 Å². The maximum absolute atomic E-state index is 11.2. The molecule has 0 unspecified atom stereocenters. The van der Waals surface area contributed by atoms with Crippen molar-refractivity contribution in [3.8, 4) is 0 Å². The molecule has 2 aromatic heterocycles. The number of esters is 1. The normalized spacial score (nSPS) is 14.9. The molecule has 0 atom stereocenters. The Morgan fingerprint density at radius 2 is 2.39 bits per heavy atom. The number of thiophene rings is 1. The van der Waals surface area contributed by atoms with E-state index in [0.29, 0.717) is 11.7 Å². The van der Waals surface area contributed by atoms with Gasteiger partial charge >= 0.3 is 5.97 Å². The van der Waals surface area contributed by atoms with E-state index in [9.17, 15) is 4.79 Å². The van der Waals surface area contributed by atoms with Gasteiger partial charge in [-0.3, -0.25) is 4.79 Å². The lowest BCUT2D eigenvalue weighted by molar-refractivity contribution is -0.137. The summed E-state index contributed by atoms with van der Waals surface area (Å²) in [4.78, 5) is 19.8. The van der Waals surface area contributed by atoms with Crippen LogP contribution >= 0.6 is 23.1 Å². The van der Waals surface area contributed by atoms with Crippen molar-refractivity contribution in [3.63, 3.8) is 0 Å². The SMILES string of the molecule is COC(=O)CSc1ncnc2c(C3CC3)csc12. The van der Waals surface area contributed by atoms with Gasteiger partial charge in [0.15, 0.2) is 0 Å². The number of nitrogens with zero attached hydrogens (tertiary/aromatic N) is 2. The minimum atomic E-state index is -0.231. The molecular weight excluding hydrogens is 268 g/mol. The summed E-state index contributed by atoms with van der Waals surface area (Å²) in [6.07, 6.45) is 4.11. The van der Waals surface area contributed by atoms with E-state index in [2.05, 4.69) is 20.1 Å². The Labute approximate surface area is 113 Å². The Balaban J connectivity index is 1.90. The second-order valence-electron chi connectivity index (χ2n) is 4.19. The topological polar surface area (TPSA) is 52.1 Å². The molecule has 18 heavy (non-hydrogen) atoms. The molecule has 0 saturated heterocycles. The van der Waals surface area contributed by atoms with Crippen LogP contribution in [0.3, 0.4) is 0 Å². The summed E-state index contributed by atoms with van der Waals surface area (Å²) < 4.78 is 5.73. The summed E-state index contributed by atoms with van der Waals surface area (Å²) in [5.74, 6) is 0.747. The smallest absolute Gasteiger partial charge is 0.316 e. The van der Waals surface area contributed by atoms with Crippen LogP contribution in [0.4, 0.5) is 0 Å². The summed E-state index contributed by atoms with van der Waals surface area (Å²) in [6, 6.07) is 0. The van der Waals surface area contributed by atoms with Gasteiger partial charge in [0.25, 0.3) is 0 Å². The molecule has 0 amide bonds. The number of carbonyl (C=O) groups excluding carboxylic acids is 1. The van der Waals surface area contributed by atoms with Gasteiger partial charge in [-0.15, -0.1) is 11.3 Å². The average Bonchev–Trinajstić information content (AvgIpc) is 3.15. The van der Waals surface area contributed by atoms with E-state index in [1.54, 1.807) is 17.7 Å². The second-order valence-corrected chi connectivity index (χ2v) is 6.03.